The van der Waals surface area contributed by atoms with Crippen molar-refractivity contribution in [3.05, 3.63) is 55.5 Å². The van der Waals surface area contributed by atoms with Gasteiger partial charge in [0.05, 0.1) is 20.1 Å². The van der Waals surface area contributed by atoms with Crippen LogP contribution in [0.2, 0.25) is 20.1 Å². The first kappa shape index (κ1) is 19.5. The molecule has 0 N–H and O–H groups in total. The summed E-state index contributed by atoms with van der Waals surface area (Å²) in [6, 6.07) is 6.62. The number of benzene rings is 2. The zero-order valence-corrected chi connectivity index (χ0v) is 16.1. The minimum Gasteiger partial charge on any atom is -0.385 e. The van der Waals surface area contributed by atoms with Gasteiger partial charge in [-0.15, -0.1) is 10.5 Å². The van der Waals surface area contributed by atoms with E-state index in [1.807, 2.05) is 13.8 Å². The second-order valence-corrected chi connectivity index (χ2v) is 7.18. The smallest absolute Gasteiger partial charge is 0.292 e. The summed E-state index contributed by atoms with van der Waals surface area (Å²) in [5.41, 5.74) is 0.930. The molecule has 0 aliphatic heterocycles. The van der Waals surface area contributed by atoms with Crippen molar-refractivity contribution in [2.75, 3.05) is 0 Å². The Hall–Kier alpha value is -1.82. The summed E-state index contributed by atoms with van der Waals surface area (Å²) in [5.74, 6) is 0.193. The van der Waals surface area contributed by atoms with Gasteiger partial charge >= 0.3 is 0 Å². The number of hydrogen-bond donors (Lipinski definition) is 0. The predicted molar refractivity (Wildman–Crippen MR) is 97.5 cm³/mol. The van der Waals surface area contributed by atoms with Crippen LogP contribution in [0, 0.1) is 23.0 Å². The normalized spacial score (nSPS) is 10.7. The lowest BCUT2D eigenvalue weighted by Gasteiger charge is -2.27. The van der Waals surface area contributed by atoms with E-state index in [1.54, 1.807) is 36.8 Å². The molecule has 0 bridgehead atoms. The van der Waals surface area contributed by atoms with Crippen molar-refractivity contribution < 1.29 is 9.47 Å². The van der Waals surface area contributed by atoms with E-state index in [4.69, 9.17) is 66.4 Å². The van der Waals surface area contributed by atoms with Gasteiger partial charge in [0.1, 0.15) is 0 Å². The van der Waals surface area contributed by atoms with Gasteiger partial charge in [-0.3, -0.25) is 0 Å². The number of rotatable bonds is 4. The van der Waals surface area contributed by atoms with E-state index in [0.717, 1.165) is 11.1 Å². The second kappa shape index (κ2) is 7.60. The first-order valence-electron chi connectivity index (χ1n) is 6.83. The highest BCUT2D eigenvalue weighted by molar-refractivity contribution is 6.38. The summed E-state index contributed by atoms with van der Waals surface area (Å²) in [6.45, 7) is 3.85. The molecule has 0 heterocycles. The first-order chi connectivity index (χ1) is 11.7. The van der Waals surface area contributed by atoms with Gasteiger partial charge in [0.2, 0.25) is 0 Å². The van der Waals surface area contributed by atoms with Gasteiger partial charge in [0.25, 0.3) is 12.5 Å². The third-order valence-electron chi connectivity index (χ3n) is 3.74. The van der Waals surface area contributed by atoms with E-state index in [9.17, 15) is 0 Å². The maximum Gasteiger partial charge on any atom is 0.292 e. The van der Waals surface area contributed by atoms with E-state index >= 15 is 0 Å². The van der Waals surface area contributed by atoms with E-state index in [1.165, 1.54) is 0 Å². The molecule has 128 valence electrons. The van der Waals surface area contributed by atoms with Crippen molar-refractivity contribution in [3.63, 3.8) is 0 Å². The summed E-state index contributed by atoms with van der Waals surface area (Å²) in [5, 5.41) is 18.1. The Kier molecular flexibility index (Phi) is 5.93. The molecule has 0 unspecified atom stereocenters. The fourth-order valence-corrected chi connectivity index (χ4v) is 3.42. The number of ether oxygens (including phenoxy) is 2. The Balaban J connectivity index is 2.56. The largest absolute Gasteiger partial charge is 0.385 e. The van der Waals surface area contributed by atoms with Crippen LogP contribution in [0.5, 0.6) is 11.5 Å². The summed E-state index contributed by atoms with van der Waals surface area (Å²) in [7, 11) is 0. The molecule has 2 aromatic rings. The third-order valence-corrected chi connectivity index (χ3v) is 4.86. The van der Waals surface area contributed by atoms with Crippen molar-refractivity contribution in [2.45, 2.75) is 19.3 Å². The monoisotopic (exact) mass is 414 g/mol. The number of nitrogens with zero attached hydrogens (tertiary/aromatic N) is 2. The Labute approximate surface area is 165 Å². The number of halogens is 4. The van der Waals surface area contributed by atoms with Gasteiger partial charge in [-0.05, 0) is 35.4 Å². The Morgan fingerprint density at radius 2 is 1.00 bits per heavy atom. The van der Waals surface area contributed by atoms with Crippen LogP contribution in [-0.2, 0) is 5.41 Å². The molecule has 25 heavy (non-hydrogen) atoms. The SMILES string of the molecule is CC(C)(c1cc(Cl)c(OC#N)c(Cl)c1)c1cc(Cl)c(OC#N)c(Cl)c1. The topological polar surface area (TPSA) is 66.0 Å². The molecule has 8 heteroatoms. The van der Waals surface area contributed by atoms with Crippen molar-refractivity contribution in [1.82, 2.24) is 0 Å². The van der Waals surface area contributed by atoms with Crippen LogP contribution >= 0.6 is 46.4 Å². The molecule has 0 saturated carbocycles. The van der Waals surface area contributed by atoms with E-state index < -0.39 is 5.41 Å². The van der Waals surface area contributed by atoms with Crippen molar-refractivity contribution in [1.29, 1.82) is 10.5 Å². The third kappa shape index (κ3) is 3.89. The average molecular weight is 416 g/mol. The van der Waals surface area contributed by atoms with Crippen LogP contribution in [-0.4, -0.2) is 0 Å². The van der Waals surface area contributed by atoms with Crippen molar-refractivity contribution >= 4 is 46.4 Å². The van der Waals surface area contributed by atoms with E-state index in [0.29, 0.717) is 0 Å². The highest BCUT2D eigenvalue weighted by Gasteiger charge is 2.27. The maximum absolute atomic E-state index is 8.65. The van der Waals surface area contributed by atoms with Gasteiger partial charge in [0, 0.05) is 5.41 Å². The summed E-state index contributed by atoms with van der Waals surface area (Å²) >= 11 is 24.7. The lowest BCUT2D eigenvalue weighted by Crippen LogP contribution is -2.19. The molecular formula is C17H10Cl4N2O2. The Morgan fingerprint density at radius 3 is 1.24 bits per heavy atom. The molecule has 0 amide bonds. The van der Waals surface area contributed by atoms with Gasteiger partial charge in [-0.25, -0.2) is 0 Å². The van der Waals surface area contributed by atoms with Crippen LogP contribution < -0.4 is 9.47 Å². The molecular weight excluding hydrogens is 406 g/mol. The molecule has 2 aromatic carbocycles. The lowest BCUT2D eigenvalue weighted by molar-refractivity contribution is 0.505. The van der Waals surface area contributed by atoms with Crippen LogP contribution in [0.4, 0.5) is 0 Å². The molecule has 4 nitrogen and oxygen atoms in total. The lowest BCUT2D eigenvalue weighted by atomic mass is 9.78. The summed E-state index contributed by atoms with van der Waals surface area (Å²) < 4.78 is 9.55. The molecule has 0 fully saturated rings. The molecule has 0 aliphatic rings. The van der Waals surface area contributed by atoms with Crippen LogP contribution in [0.25, 0.3) is 0 Å². The highest BCUT2D eigenvalue weighted by atomic mass is 35.5. The average Bonchev–Trinajstić information content (AvgIpc) is 2.53. The van der Waals surface area contributed by atoms with Crippen LogP contribution in [0.15, 0.2) is 24.3 Å². The van der Waals surface area contributed by atoms with Gasteiger partial charge in [0.15, 0.2) is 11.5 Å². The zero-order valence-electron chi connectivity index (χ0n) is 13.0. The molecule has 0 spiro atoms. The minimum absolute atomic E-state index is 0.0965. The number of nitriles is 2. The molecule has 0 aromatic heterocycles. The molecule has 2 rings (SSSR count). The Bertz CT molecular complexity index is 794. The molecule has 0 atom stereocenters. The van der Waals surface area contributed by atoms with Crippen molar-refractivity contribution in [3.8, 4) is 24.0 Å². The fourth-order valence-electron chi connectivity index (χ4n) is 2.29. The zero-order chi connectivity index (χ0) is 18.8. The van der Waals surface area contributed by atoms with Gasteiger partial charge < -0.3 is 9.47 Å². The highest BCUT2D eigenvalue weighted by Crippen LogP contribution is 2.43. The molecule has 0 radical (unpaired) electrons. The molecule has 0 saturated heterocycles. The van der Waals surface area contributed by atoms with Crippen molar-refractivity contribution in [2.24, 2.45) is 0 Å². The van der Waals surface area contributed by atoms with Crippen LogP contribution in [0.1, 0.15) is 25.0 Å². The molecule has 0 aliphatic carbocycles. The van der Waals surface area contributed by atoms with Gasteiger partial charge in [-0.1, -0.05) is 60.3 Å². The van der Waals surface area contributed by atoms with E-state index in [-0.39, 0.29) is 31.6 Å². The second-order valence-electron chi connectivity index (χ2n) is 5.55. The quantitative estimate of drug-likeness (QED) is 0.546. The van der Waals surface area contributed by atoms with E-state index in [2.05, 4.69) is 0 Å². The maximum atomic E-state index is 8.65. The standard InChI is InChI=1S/C17H10Cl4N2O2/c1-17(2,9-3-11(18)15(24-7-22)12(19)4-9)10-5-13(20)16(25-8-23)14(21)6-10/h3-6H,1-2H3. The summed E-state index contributed by atoms with van der Waals surface area (Å²) in [4.78, 5) is 0. The van der Waals surface area contributed by atoms with Crippen LogP contribution in [0.3, 0.4) is 0 Å². The number of hydrogen-bond acceptors (Lipinski definition) is 4. The fraction of sp³-hybridized carbons (Fsp3) is 0.176. The summed E-state index contributed by atoms with van der Waals surface area (Å²) in [6.07, 6.45) is 3.09. The first-order valence-corrected chi connectivity index (χ1v) is 8.34. The van der Waals surface area contributed by atoms with Gasteiger partial charge in [-0.2, -0.15) is 0 Å². The Morgan fingerprint density at radius 1 is 0.720 bits per heavy atom. The minimum atomic E-state index is -0.586. The predicted octanol–water partition coefficient (Wildman–Crippen LogP) is 6.35.